The van der Waals surface area contributed by atoms with Gasteiger partial charge in [-0.3, -0.25) is 14.4 Å². The fourth-order valence-corrected chi connectivity index (χ4v) is 4.32. The smallest absolute Gasteiger partial charge is 0.316 e. The van der Waals surface area contributed by atoms with E-state index in [0.29, 0.717) is 24.1 Å². The number of nitrogens with zero attached hydrogens (tertiary/aromatic N) is 4. The molecule has 1 fully saturated rings. The number of para-hydroxylation sites is 2. The van der Waals surface area contributed by atoms with Crippen molar-refractivity contribution < 1.29 is 4.79 Å². The third kappa shape index (κ3) is 3.87. The maximum Gasteiger partial charge on any atom is 0.316 e. The van der Waals surface area contributed by atoms with Crippen molar-refractivity contribution in [3.63, 3.8) is 0 Å². The molecule has 7 heteroatoms. The molecule has 4 rings (SSSR count). The summed E-state index contributed by atoms with van der Waals surface area (Å²) in [5, 5.41) is 0. The summed E-state index contributed by atoms with van der Waals surface area (Å²) in [5.41, 5.74) is 3.96. The summed E-state index contributed by atoms with van der Waals surface area (Å²) in [6, 6.07) is 13.6. The second kappa shape index (κ2) is 8.41. The van der Waals surface area contributed by atoms with Gasteiger partial charge in [-0.1, -0.05) is 24.3 Å². The van der Waals surface area contributed by atoms with Crippen molar-refractivity contribution in [3.8, 4) is 0 Å². The van der Waals surface area contributed by atoms with E-state index in [2.05, 4.69) is 36.9 Å². The Bertz CT molecular complexity index is 1250. The van der Waals surface area contributed by atoms with Crippen LogP contribution in [0, 0.1) is 13.8 Å². The molecule has 0 spiro atoms. The number of aryl methyl sites for hydroxylation is 3. The van der Waals surface area contributed by atoms with Gasteiger partial charge in [0.05, 0.1) is 11.0 Å². The molecule has 0 N–H and O–H groups in total. The summed E-state index contributed by atoms with van der Waals surface area (Å²) in [5.74, 6) is 0.0114. The number of hydrogen-bond acceptors (Lipinski definition) is 4. The van der Waals surface area contributed by atoms with E-state index >= 15 is 0 Å². The van der Waals surface area contributed by atoms with Crippen molar-refractivity contribution >= 4 is 22.6 Å². The minimum Gasteiger partial charge on any atom is -0.368 e. The minimum absolute atomic E-state index is 0.0114. The molecule has 7 nitrogen and oxygen atoms in total. The molecule has 3 aromatic rings. The van der Waals surface area contributed by atoms with Crippen LogP contribution < -0.4 is 16.0 Å². The van der Waals surface area contributed by atoms with Crippen molar-refractivity contribution in [3.05, 3.63) is 74.3 Å². The van der Waals surface area contributed by atoms with E-state index in [-0.39, 0.29) is 18.9 Å². The zero-order valence-electron chi connectivity index (χ0n) is 18.3. The van der Waals surface area contributed by atoms with Crippen molar-refractivity contribution in [2.45, 2.75) is 26.8 Å². The van der Waals surface area contributed by atoms with Crippen LogP contribution in [0.5, 0.6) is 0 Å². The summed E-state index contributed by atoms with van der Waals surface area (Å²) >= 11 is 0. The van der Waals surface area contributed by atoms with E-state index in [9.17, 15) is 14.4 Å². The molecule has 1 amide bonds. The molecule has 1 saturated heterocycles. The number of carbonyl (C=O) groups is 1. The lowest BCUT2D eigenvalue weighted by atomic mass is 10.1. The SMILES string of the molecule is Cc1cccc(N2CCN(C(=O)CCn3c(=O)c(=O)n(C)c4ccccc43)CC2)c1C. The molecule has 0 bridgehead atoms. The first-order valence-corrected chi connectivity index (χ1v) is 10.7. The Labute approximate surface area is 181 Å². The maximum atomic E-state index is 12.8. The Kier molecular flexibility index (Phi) is 5.67. The van der Waals surface area contributed by atoms with E-state index < -0.39 is 11.1 Å². The van der Waals surface area contributed by atoms with Gasteiger partial charge in [0.1, 0.15) is 0 Å². The van der Waals surface area contributed by atoms with Crippen molar-refractivity contribution in [1.29, 1.82) is 0 Å². The predicted octanol–water partition coefficient (Wildman–Crippen LogP) is 2.06. The number of fused-ring (bicyclic) bond motifs is 1. The van der Waals surface area contributed by atoms with Gasteiger partial charge >= 0.3 is 11.1 Å². The number of piperazine rings is 1. The molecule has 0 radical (unpaired) electrons. The fourth-order valence-electron chi connectivity index (χ4n) is 4.32. The van der Waals surface area contributed by atoms with Gasteiger partial charge in [-0.05, 0) is 43.2 Å². The third-order valence-electron chi connectivity index (χ3n) is 6.36. The van der Waals surface area contributed by atoms with E-state index in [0.717, 1.165) is 13.1 Å². The van der Waals surface area contributed by atoms with Gasteiger partial charge in [0.2, 0.25) is 5.91 Å². The molecule has 0 saturated carbocycles. The topological polar surface area (TPSA) is 67.5 Å². The third-order valence-corrected chi connectivity index (χ3v) is 6.36. The van der Waals surface area contributed by atoms with Crippen LogP contribution in [-0.4, -0.2) is 46.1 Å². The van der Waals surface area contributed by atoms with Gasteiger partial charge in [-0.25, -0.2) is 0 Å². The van der Waals surface area contributed by atoms with Gasteiger partial charge in [-0.2, -0.15) is 0 Å². The van der Waals surface area contributed by atoms with E-state index in [1.807, 2.05) is 23.1 Å². The number of amides is 1. The highest BCUT2D eigenvalue weighted by Crippen LogP contribution is 2.24. The zero-order valence-corrected chi connectivity index (χ0v) is 18.3. The fraction of sp³-hybridized carbons (Fsp3) is 0.375. The largest absolute Gasteiger partial charge is 0.368 e. The molecule has 2 heterocycles. The van der Waals surface area contributed by atoms with Gasteiger partial charge in [0.15, 0.2) is 0 Å². The highest BCUT2D eigenvalue weighted by molar-refractivity contribution is 5.78. The van der Waals surface area contributed by atoms with Crippen LogP contribution in [0.2, 0.25) is 0 Å². The van der Waals surface area contributed by atoms with Crippen LogP contribution in [0.25, 0.3) is 11.0 Å². The highest BCUT2D eigenvalue weighted by atomic mass is 16.2. The average Bonchev–Trinajstić information content (AvgIpc) is 2.79. The van der Waals surface area contributed by atoms with Gasteiger partial charge in [-0.15, -0.1) is 0 Å². The number of rotatable bonds is 4. The molecule has 31 heavy (non-hydrogen) atoms. The van der Waals surface area contributed by atoms with Crippen LogP contribution in [0.1, 0.15) is 17.5 Å². The number of anilines is 1. The molecule has 2 aromatic carbocycles. The summed E-state index contributed by atoms with van der Waals surface area (Å²) in [4.78, 5) is 41.9. The molecule has 162 valence electrons. The number of aromatic nitrogens is 2. The van der Waals surface area contributed by atoms with Crippen LogP contribution in [0.3, 0.4) is 0 Å². The zero-order chi connectivity index (χ0) is 22.1. The summed E-state index contributed by atoms with van der Waals surface area (Å²) < 4.78 is 2.80. The Morgan fingerprint density at radius 3 is 2.26 bits per heavy atom. The number of hydrogen-bond donors (Lipinski definition) is 0. The van der Waals surface area contributed by atoms with E-state index in [1.54, 1.807) is 13.1 Å². The highest BCUT2D eigenvalue weighted by Gasteiger charge is 2.22. The molecule has 1 aromatic heterocycles. The van der Waals surface area contributed by atoms with Gasteiger partial charge in [0.25, 0.3) is 0 Å². The molecule has 0 aliphatic carbocycles. The first-order valence-electron chi connectivity index (χ1n) is 10.7. The lowest BCUT2D eigenvalue weighted by molar-refractivity contribution is -0.131. The Balaban J connectivity index is 1.45. The van der Waals surface area contributed by atoms with Gasteiger partial charge in [0, 0.05) is 51.9 Å². The normalized spacial score (nSPS) is 14.3. The second-order valence-electron chi connectivity index (χ2n) is 8.15. The predicted molar refractivity (Wildman–Crippen MR) is 123 cm³/mol. The Morgan fingerprint density at radius 2 is 1.55 bits per heavy atom. The van der Waals surface area contributed by atoms with Gasteiger partial charge < -0.3 is 18.9 Å². The molecule has 0 atom stereocenters. The summed E-state index contributed by atoms with van der Waals surface area (Å²) in [6.07, 6.45) is 0.195. The second-order valence-corrected chi connectivity index (χ2v) is 8.15. The Morgan fingerprint density at radius 1 is 0.871 bits per heavy atom. The van der Waals surface area contributed by atoms with Crippen molar-refractivity contribution in [2.75, 3.05) is 31.1 Å². The average molecular weight is 421 g/mol. The lowest BCUT2D eigenvalue weighted by Gasteiger charge is -2.37. The first-order chi connectivity index (χ1) is 14.9. The van der Waals surface area contributed by atoms with Crippen molar-refractivity contribution in [2.24, 2.45) is 7.05 Å². The number of carbonyl (C=O) groups excluding carboxylic acids is 1. The molecule has 0 unspecified atom stereocenters. The summed E-state index contributed by atoms with van der Waals surface area (Å²) in [7, 11) is 1.59. The molecule has 1 aliphatic heterocycles. The lowest BCUT2D eigenvalue weighted by Crippen LogP contribution is -2.49. The monoisotopic (exact) mass is 420 g/mol. The standard InChI is InChI=1S/C24H28N4O3/c1-17-7-6-10-19(18(17)2)26-13-15-27(16-14-26)22(29)11-12-28-21-9-5-4-8-20(21)25(3)23(30)24(28)31/h4-10H,11-16H2,1-3H3. The quantitative estimate of drug-likeness (QED) is 0.606. The van der Waals surface area contributed by atoms with E-state index in [4.69, 9.17) is 0 Å². The van der Waals surface area contributed by atoms with Crippen molar-refractivity contribution in [1.82, 2.24) is 14.0 Å². The molecular formula is C24H28N4O3. The van der Waals surface area contributed by atoms with E-state index in [1.165, 1.54) is 25.9 Å². The molecular weight excluding hydrogens is 392 g/mol. The van der Waals surface area contributed by atoms with Crippen LogP contribution in [-0.2, 0) is 18.4 Å². The van der Waals surface area contributed by atoms with Crippen LogP contribution in [0.15, 0.2) is 52.1 Å². The number of benzene rings is 2. The molecule has 1 aliphatic rings. The maximum absolute atomic E-state index is 12.8. The van der Waals surface area contributed by atoms with Crippen LogP contribution in [0.4, 0.5) is 5.69 Å². The summed E-state index contributed by atoms with van der Waals surface area (Å²) in [6.45, 7) is 7.31. The minimum atomic E-state index is -0.589. The van der Waals surface area contributed by atoms with Crippen LogP contribution >= 0.6 is 0 Å². The first kappa shape index (κ1) is 20.9. The Hall–Kier alpha value is -3.35.